The van der Waals surface area contributed by atoms with Gasteiger partial charge in [0.15, 0.2) is 9.84 Å². The van der Waals surface area contributed by atoms with Crippen LogP contribution in [0.4, 0.5) is 0 Å². The monoisotopic (exact) mass is 663 g/mol. The molecule has 1 aliphatic heterocycles. The van der Waals surface area contributed by atoms with E-state index in [2.05, 4.69) is 10.6 Å². The highest BCUT2D eigenvalue weighted by atomic mass is 35.5. The molecule has 5 rings (SSSR count). The van der Waals surface area contributed by atoms with E-state index in [4.69, 9.17) is 27.6 Å². The highest BCUT2D eigenvalue weighted by molar-refractivity contribution is 7.92. The van der Waals surface area contributed by atoms with E-state index in [9.17, 15) is 32.7 Å². The Morgan fingerprint density at radius 3 is 2.56 bits per heavy atom. The molecule has 15 heteroatoms. The zero-order chi connectivity index (χ0) is 31.1. The Morgan fingerprint density at radius 2 is 1.86 bits per heavy atom. The molecule has 11 nitrogen and oxygen atoms in total. The van der Waals surface area contributed by atoms with E-state index in [1.165, 1.54) is 18.2 Å². The third-order valence-electron chi connectivity index (χ3n) is 6.86. The molecule has 4 aromatic rings. The Labute approximate surface area is 259 Å². The van der Waals surface area contributed by atoms with Gasteiger partial charge in [-0.05, 0) is 53.9 Å². The Kier molecular flexibility index (Phi) is 8.52. The SMILES string of the molecule is CS(=O)(=O)c1ccc(C(=O)NCC(NC(=O)c2c(Cl)cc3c(c2Cl)CCN(C(=O)c2ccc4ccoc4c2)C3)C(=O)O)s1. The second kappa shape index (κ2) is 12.0. The van der Waals surface area contributed by atoms with Crippen molar-refractivity contribution in [2.45, 2.75) is 23.2 Å². The number of rotatable bonds is 8. The summed E-state index contributed by atoms with van der Waals surface area (Å²) >= 11 is 13.8. The van der Waals surface area contributed by atoms with Crippen molar-refractivity contribution in [3.8, 4) is 0 Å². The van der Waals surface area contributed by atoms with Crippen LogP contribution >= 0.6 is 34.5 Å². The number of aliphatic carboxylic acids is 1. The number of nitrogens with one attached hydrogen (secondary N) is 2. The first kappa shape index (κ1) is 30.5. The first-order valence-corrected chi connectivity index (χ1v) is 16.2. The lowest BCUT2D eigenvalue weighted by atomic mass is 9.96. The molecule has 43 heavy (non-hydrogen) atoms. The van der Waals surface area contributed by atoms with Crippen molar-refractivity contribution in [1.29, 1.82) is 0 Å². The topological polar surface area (TPSA) is 163 Å². The molecule has 0 bridgehead atoms. The molecule has 1 unspecified atom stereocenters. The molecule has 0 aliphatic carbocycles. The molecule has 224 valence electrons. The molecule has 3 amide bonds. The summed E-state index contributed by atoms with van der Waals surface area (Å²) < 4.78 is 28.7. The van der Waals surface area contributed by atoms with Gasteiger partial charge >= 0.3 is 5.97 Å². The van der Waals surface area contributed by atoms with E-state index in [1.54, 1.807) is 35.4 Å². The fraction of sp³-hybridized carbons (Fsp3) is 0.214. The summed E-state index contributed by atoms with van der Waals surface area (Å²) in [4.78, 5) is 52.4. The summed E-state index contributed by atoms with van der Waals surface area (Å²) in [7, 11) is -3.51. The van der Waals surface area contributed by atoms with E-state index >= 15 is 0 Å². The van der Waals surface area contributed by atoms with Crippen LogP contribution in [-0.4, -0.2) is 67.5 Å². The average Bonchev–Trinajstić information content (AvgIpc) is 3.64. The van der Waals surface area contributed by atoms with Crippen LogP contribution in [0.15, 0.2) is 57.4 Å². The Balaban J connectivity index is 1.28. The van der Waals surface area contributed by atoms with Crippen LogP contribution in [0.5, 0.6) is 0 Å². The van der Waals surface area contributed by atoms with Crippen LogP contribution in [0.2, 0.25) is 10.0 Å². The number of fused-ring (bicyclic) bond motifs is 2. The number of carboxylic acids is 1. The van der Waals surface area contributed by atoms with Crippen molar-refractivity contribution in [2.24, 2.45) is 0 Å². The Morgan fingerprint density at radius 1 is 1.09 bits per heavy atom. The zero-order valence-electron chi connectivity index (χ0n) is 22.3. The Hall–Kier alpha value is -3.91. The summed E-state index contributed by atoms with van der Waals surface area (Å²) in [5.74, 6) is -3.20. The number of sulfone groups is 1. The van der Waals surface area contributed by atoms with E-state index in [0.29, 0.717) is 35.2 Å². The van der Waals surface area contributed by atoms with Gasteiger partial charge in [-0.2, -0.15) is 0 Å². The molecule has 1 atom stereocenters. The first-order valence-electron chi connectivity index (χ1n) is 12.7. The lowest BCUT2D eigenvalue weighted by Crippen LogP contribution is -2.48. The molecule has 2 aromatic heterocycles. The number of furan rings is 1. The highest BCUT2D eigenvalue weighted by Gasteiger charge is 2.30. The van der Waals surface area contributed by atoms with E-state index in [1.807, 2.05) is 0 Å². The number of amides is 3. The van der Waals surface area contributed by atoms with E-state index in [-0.39, 0.29) is 37.1 Å². The lowest BCUT2D eigenvalue weighted by molar-refractivity contribution is -0.139. The minimum absolute atomic E-state index is 0.0136. The van der Waals surface area contributed by atoms with Gasteiger partial charge in [-0.25, -0.2) is 13.2 Å². The first-order chi connectivity index (χ1) is 20.3. The summed E-state index contributed by atoms with van der Waals surface area (Å²) in [5, 5.41) is 15.3. The predicted molar refractivity (Wildman–Crippen MR) is 160 cm³/mol. The molecule has 0 spiro atoms. The van der Waals surface area contributed by atoms with Gasteiger partial charge in [-0.15, -0.1) is 11.3 Å². The van der Waals surface area contributed by atoms with E-state index in [0.717, 1.165) is 23.0 Å². The van der Waals surface area contributed by atoms with Crippen LogP contribution in [0, 0.1) is 0 Å². The molecule has 0 radical (unpaired) electrons. The van der Waals surface area contributed by atoms with E-state index < -0.39 is 40.2 Å². The van der Waals surface area contributed by atoms with Crippen molar-refractivity contribution < 1.29 is 37.1 Å². The fourth-order valence-electron chi connectivity index (χ4n) is 4.66. The van der Waals surface area contributed by atoms with Gasteiger partial charge < -0.3 is 25.1 Å². The number of carbonyl (C=O) groups is 4. The predicted octanol–water partition coefficient (Wildman–Crippen LogP) is 4.02. The minimum Gasteiger partial charge on any atom is -0.480 e. The van der Waals surface area contributed by atoms with Crippen LogP contribution < -0.4 is 10.6 Å². The molecule has 3 N–H and O–H groups in total. The zero-order valence-corrected chi connectivity index (χ0v) is 25.5. The van der Waals surface area contributed by atoms with Gasteiger partial charge in [0.2, 0.25) is 0 Å². The number of hydrogen-bond donors (Lipinski definition) is 3. The van der Waals surface area contributed by atoms with Gasteiger partial charge in [-0.1, -0.05) is 29.3 Å². The summed E-state index contributed by atoms with van der Waals surface area (Å²) in [6.07, 6.45) is 2.88. The number of thiophene rings is 1. The van der Waals surface area contributed by atoms with Crippen LogP contribution in [0.25, 0.3) is 11.0 Å². The summed E-state index contributed by atoms with van der Waals surface area (Å²) in [6.45, 7) is 0.0181. The number of benzene rings is 2. The highest BCUT2D eigenvalue weighted by Crippen LogP contribution is 2.35. The van der Waals surface area contributed by atoms with Crippen LogP contribution in [0.3, 0.4) is 0 Å². The lowest BCUT2D eigenvalue weighted by Gasteiger charge is -2.30. The normalized spacial score (nSPS) is 13.8. The van der Waals surface area contributed by atoms with Crippen molar-refractivity contribution >= 4 is 79.0 Å². The van der Waals surface area contributed by atoms with Crippen molar-refractivity contribution in [2.75, 3.05) is 19.3 Å². The van der Waals surface area contributed by atoms with Gasteiger partial charge in [0.25, 0.3) is 17.7 Å². The molecule has 0 fully saturated rings. The number of carbonyl (C=O) groups excluding carboxylic acids is 3. The largest absolute Gasteiger partial charge is 0.480 e. The maximum Gasteiger partial charge on any atom is 0.328 e. The maximum atomic E-state index is 13.2. The van der Waals surface area contributed by atoms with Gasteiger partial charge in [0.1, 0.15) is 15.8 Å². The third-order valence-corrected chi connectivity index (χ3v) is 10.5. The third kappa shape index (κ3) is 6.39. The summed E-state index contributed by atoms with van der Waals surface area (Å²) in [5.41, 5.74) is 2.19. The molecule has 1 aliphatic rings. The van der Waals surface area contributed by atoms with Crippen LogP contribution in [0.1, 0.15) is 41.5 Å². The second-order valence-electron chi connectivity index (χ2n) is 9.80. The standard InChI is InChI=1S/C28H23Cl2N3O8S2/c1-43(39,40)22-5-4-21(42-22)25(34)31-12-19(28(37)38)32-26(35)23-18(29)10-16-13-33(8-6-17(16)24(23)30)27(36)15-3-2-14-7-9-41-20(14)11-15/h2-5,7,9-11,19H,6,8,12-13H2,1H3,(H,31,34)(H,32,35)(H,37,38). The molecule has 2 aromatic carbocycles. The van der Waals surface area contributed by atoms with Crippen LogP contribution in [-0.2, 0) is 27.6 Å². The summed E-state index contributed by atoms with van der Waals surface area (Å²) in [6, 6.07) is 9.57. The smallest absolute Gasteiger partial charge is 0.328 e. The quantitative estimate of drug-likeness (QED) is 0.255. The van der Waals surface area contributed by atoms with Gasteiger partial charge in [0, 0.05) is 36.8 Å². The molecular weight excluding hydrogens is 641 g/mol. The molecular formula is C28H23Cl2N3O8S2. The van der Waals surface area contributed by atoms with Crippen molar-refractivity contribution in [3.05, 3.63) is 85.9 Å². The molecule has 0 saturated heterocycles. The number of halogens is 2. The number of hydrogen-bond acceptors (Lipinski definition) is 8. The molecule has 3 heterocycles. The Bertz CT molecular complexity index is 1900. The molecule has 0 saturated carbocycles. The van der Waals surface area contributed by atoms with Gasteiger partial charge in [-0.3, -0.25) is 14.4 Å². The van der Waals surface area contributed by atoms with Gasteiger partial charge in [0.05, 0.1) is 26.7 Å². The maximum absolute atomic E-state index is 13.2. The number of carboxylic acid groups (broad SMARTS) is 1. The van der Waals surface area contributed by atoms with Crippen molar-refractivity contribution in [1.82, 2.24) is 15.5 Å². The second-order valence-corrected chi connectivity index (χ2v) is 13.9. The minimum atomic E-state index is -3.51. The fourth-order valence-corrected chi connectivity index (χ4v) is 7.27. The number of nitrogens with zero attached hydrogens (tertiary/aromatic N) is 1. The average molecular weight is 665 g/mol. The van der Waals surface area contributed by atoms with Crippen molar-refractivity contribution in [3.63, 3.8) is 0 Å².